The second-order valence-electron chi connectivity index (χ2n) is 10.2. The quantitative estimate of drug-likeness (QED) is 0.215. The number of thiophene rings is 1. The van der Waals surface area contributed by atoms with Gasteiger partial charge in [-0.25, -0.2) is 0 Å². The first-order valence-corrected chi connectivity index (χ1v) is 14.4. The largest absolute Gasteiger partial charge is 0.439 e. The predicted octanol–water partition coefficient (Wildman–Crippen LogP) is 2.34. The van der Waals surface area contributed by atoms with Crippen LogP contribution in [0.2, 0.25) is 0 Å². The fraction of sp³-hybridized carbons (Fsp3) is 0.385. The zero-order valence-electron chi connectivity index (χ0n) is 22.3. The summed E-state index contributed by atoms with van der Waals surface area (Å²) in [7, 11) is 0. The third-order valence-corrected chi connectivity index (χ3v) is 8.50. The molecule has 1 aliphatic heterocycles. The minimum atomic E-state index is -0.766. The molecule has 0 radical (unpaired) electrons. The van der Waals surface area contributed by atoms with Gasteiger partial charge in [0.2, 0.25) is 11.4 Å². The predicted molar refractivity (Wildman–Crippen MR) is 153 cm³/mol. The molecule has 1 amide bonds. The van der Waals surface area contributed by atoms with Crippen LogP contribution in [0.3, 0.4) is 0 Å². The summed E-state index contributed by atoms with van der Waals surface area (Å²) in [5, 5.41) is 30.7. The first-order valence-electron chi connectivity index (χ1n) is 13.6. The zero-order valence-corrected chi connectivity index (χ0v) is 23.1. The molecule has 5 aromatic heterocycles. The Labute approximate surface area is 241 Å². The molecule has 0 spiro atoms. The Hall–Kier alpha value is -4.54. The maximum absolute atomic E-state index is 12.9. The van der Waals surface area contributed by atoms with Crippen LogP contribution in [-0.2, 0) is 4.74 Å². The summed E-state index contributed by atoms with van der Waals surface area (Å²) in [5.74, 6) is 0.702. The molecular formula is C26H27N9O6S. The van der Waals surface area contributed by atoms with E-state index < -0.39 is 12.0 Å². The SMILES string of the molecule is NC(=O)c1c(Nc2cc(-c3csc4c(=O)cc(N5CCOCC5)oc34)on2)nc(N[C@@H]2CCCC[C@@H]2O)n2cnnc12. The zero-order chi connectivity index (χ0) is 28.8. The van der Waals surface area contributed by atoms with Crippen LogP contribution in [0.1, 0.15) is 36.0 Å². The lowest BCUT2D eigenvalue weighted by molar-refractivity contribution is 0.100. The molecule has 6 heterocycles. The number of carbonyl (C=O) groups is 1. The fourth-order valence-corrected chi connectivity index (χ4v) is 6.26. The molecule has 16 heteroatoms. The van der Waals surface area contributed by atoms with Crippen molar-refractivity contribution in [2.45, 2.75) is 37.8 Å². The maximum atomic E-state index is 12.9. The highest BCUT2D eigenvalue weighted by atomic mass is 32.1. The molecule has 5 aromatic rings. The molecule has 42 heavy (non-hydrogen) atoms. The number of carbonyl (C=O) groups excluding carboxylic acids is 1. The van der Waals surface area contributed by atoms with Gasteiger partial charge in [-0.2, -0.15) is 4.98 Å². The minimum absolute atomic E-state index is 0.00826. The Bertz CT molecular complexity index is 1840. The van der Waals surface area contributed by atoms with Gasteiger partial charge in [-0.15, -0.1) is 21.5 Å². The van der Waals surface area contributed by atoms with E-state index in [-0.39, 0.29) is 34.3 Å². The van der Waals surface area contributed by atoms with E-state index in [0.717, 1.165) is 19.3 Å². The number of primary amides is 1. The van der Waals surface area contributed by atoms with Crippen molar-refractivity contribution in [2.75, 3.05) is 41.8 Å². The molecule has 1 saturated carbocycles. The summed E-state index contributed by atoms with van der Waals surface area (Å²) in [6, 6.07) is 2.88. The maximum Gasteiger partial charge on any atom is 0.256 e. The molecule has 0 aromatic carbocycles. The molecule has 1 saturated heterocycles. The highest BCUT2D eigenvalue weighted by molar-refractivity contribution is 7.17. The number of hydrogen-bond donors (Lipinski definition) is 4. The Morgan fingerprint density at radius 2 is 2.02 bits per heavy atom. The van der Waals surface area contributed by atoms with Gasteiger partial charge in [-0.1, -0.05) is 18.0 Å². The van der Waals surface area contributed by atoms with E-state index in [9.17, 15) is 14.7 Å². The molecule has 2 aliphatic rings. The van der Waals surface area contributed by atoms with Crippen LogP contribution in [0.15, 0.2) is 37.6 Å². The van der Waals surface area contributed by atoms with Crippen molar-refractivity contribution in [1.82, 2.24) is 24.7 Å². The number of rotatable bonds is 7. The number of anilines is 4. The van der Waals surface area contributed by atoms with E-state index in [0.29, 0.717) is 66.2 Å². The van der Waals surface area contributed by atoms with E-state index in [4.69, 9.17) is 19.4 Å². The Morgan fingerprint density at radius 3 is 2.83 bits per heavy atom. The van der Waals surface area contributed by atoms with E-state index >= 15 is 0 Å². The topological polar surface area (TPSA) is 199 Å². The summed E-state index contributed by atoms with van der Waals surface area (Å²) in [5.41, 5.74) is 6.74. The number of hydrogen-bond acceptors (Lipinski definition) is 14. The molecule has 15 nitrogen and oxygen atoms in total. The van der Waals surface area contributed by atoms with E-state index in [1.807, 2.05) is 4.90 Å². The van der Waals surface area contributed by atoms with Gasteiger partial charge in [0.1, 0.15) is 16.6 Å². The van der Waals surface area contributed by atoms with Crippen LogP contribution in [0.5, 0.6) is 0 Å². The van der Waals surface area contributed by atoms with Crippen LogP contribution in [0, 0.1) is 0 Å². The van der Waals surface area contributed by atoms with Gasteiger partial charge in [0, 0.05) is 30.6 Å². The van der Waals surface area contributed by atoms with Crippen molar-refractivity contribution in [1.29, 1.82) is 0 Å². The third-order valence-electron chi connectivity index (χ3n) is 7.52. The van der Waals surface area contributed by atoms with Crippen LogP contribution >= 0.6 is 11.3 Å². The Morgan fingerprint density at radius 1 is 1.19 bits per heavy atom. The van der Waals surface area contributed by atoms with Crippen LogP contribution in [0.4, 0.5) is 23.5 Å². The number of fused-ring (bicyclic) bond motifs is 2. The smallest absolute Gasteiger partial charge is 0.256 e. The molecule has 0 bridgehead atoms. The average molecular weight is 594 g/mol. The molecule has 2 atom stereocenters. The number of amides is 1. The molecular weight excluding hydrogens is 566 g/mol. The van der Waals surface area contributed by atoms with E-state index in [2.05, 4.69) is 31.0 Å². The normalized spacial score (nSPS) is 19.4. The summed E-state index contributed by atoms with van der Waals surface area (Å²) in [6.07, 6.45) is 4.25. The molecule has 218 valence electrons. The van der Waals surface area contributed by atoms with Gasteiger partial charge in [0.15, 0.2) is 34.5 Å². The van der Waals surface area contributed by atoms with Crippen molar-refractivity contribution < 1.29 is 23.6 Å². The van der Waals surface area contributed by atoms with Gasteiger partial charge in [0.05, 0.1) is 30.9 Å². The van der Waals surface area contributed by atoms with Gasteiger partial charge < -0.3 is 40.1 Å². The monoisotopic (exact) mass is 593 g/mol. The van der Waals surface area contributed by atoms with Gasteiger partial charge in [-0.05, 0) is 12.8 Å². The van der Waals surface area contributed by atoms with Crippen molar-refractivity contribution in [2.24, 2.45) is 5.73 Å². The molecule has 7 rings (SSSR count). The first kappa shape index (κ1) is 26.4. The van der Waals surface area contributed by atoms with Crippen LogP contribution in [0.25, 0.3) is 27.3 Å². The molecule has 2 fully saturated rings. The lowest BCUT2D eigenvalue weighted by Crippen LogP contribution is -2.37. The molecule has 0 unspecified atom stereocenters. The van der Waals surface area contributed by atoms with Crippen LogP contribution < -0.4 is 26.7 Å². The first-order chi connectivity index (χ1) is 20.5. The fourth-order valence-electron chi connectivity index (χ4n) is 5.37. The van der Waals surface area contributed by atoms with Crippen molar-refractivity contribution >= 4 is 56.6 Å². The summed E-state index contributed by atoms with van der Waals surface area (Å²) in [6.45, 7) is 2.34. The lowest BCUT2D eigenvalue weighted by Gasteiger charge is -2.29. The highest BCUT2D eigenvalue weighted by Crippen LogP contribution is 2.36. The number of aromatic nitrogens is 5. The van der Waals surface area contributed by atoms with Crippen molar-refractivity contribution in [3.05, 3.63) is 39.6 Å². The van der Waals surface area contributed by atoms with Crippen LogP contribution in [-0.4, -0.2) is 74.2 Å². The van der Waals surface area contributed by atoms with Crippen molar-refractivity contribution in [3.63, 3.8) is 0 Å². The third kappa shape index (κ3) is 4.72. The number of nitrogens with one attached hydrogen (secondary N) is 2. The van der Waals surface area contributed by atoms with Gasteiger partial charge >= 0.3 is 0 Å². The van der Waals surface area contributed by atoms with Gasteiger partial charge in [-0.3, -0.25) is 14.0 Å². The highest BCUT2D eigenvalue weighted by Gasteiger charge is 2.27. The minimum Gasteiger partial charge on any atom is -0.439 e. The van der Waals surface area contributed by atoms with E-state index in [1.54, 1.807) is 11.4 Å². The number of nitrogens with zero attached hydrogens (tertiary/aromatic N) is 6. The molecule has 1 aliphatic carbocycles. The summed E-state index contributed by atoms with van der Waals surface area (Å²) in [4.78, 5) is 32.0. The standard InChI is InChI=1S/C26H27N9O6S/c27-23(38)20-24(31-26(35-12-28-32-25(20)35)29-14-3-1-2-4-15(14)36)30-18-10-17(41-33-18)13-11-42-22-16(37)9-19(40-21(13)22)34-5-7-39-8-6-34/h9-12,14-15,36H,1-8H2,(H2,27,38)(H,29,31)(H,30,33)/t14-,15+/m1/s1. The van der Waals surface area contributed by atoms with E-state index in [1.165, 1.54) is 28.1 Å². The number of nitrogens with two attached hydrogens (primary N) is 1. The summed E-state index contributed by atoms with van der Waals surface area (Å²) >= 11 is 1.25. The Balaban J connectivity index is 1.23. The second kappa shape index (κ2) is 10.7. The second-order valence-corrected chi connectivity index (χ2v) is 11.1. The number of aliphatic hydroxyl groups is 1. The average Bonchev–Trinajstić information content (AvgIpc) is 3.75. The molecule has 5 N–H and O–H groups in total. The number of aliphatic hydroxyl groups excluding tert-OH is 1. The number of morpholine rings is 1. The van der Waals surface area contributed by atoms with Gasteiger partial charge in [0.25, 0.3) is 5.91 Å². The van der Waals surface area contributed by atoms with Crippen molar-refractivity contribution in [3.8, 4) is 11.3 Å². The Kier molecular flexibility index (Phi) is 6.72. The number of ether oxygens (including phenoxy) is 1. The summed E-state index contributed by atoms with van der Waals surface area (Å²) < 4.78 is 19.2. The lowest BCUT2D eigenvalue weighted by atomic mass is 9.93.